The van der Waals surface area contributed by atoms with Crippen LogP contribution in [0.5, 0.6) is 0 Å². The highest BCUT2D eigenvalue weighted by atomic mass is 16.5. The predicted octanol–water partition coefficient (Wildman–Crippen LogP) is 3.06. The lowest BCUT2D eigenvalue weighted by molar-refractivity contribution is -0.0853. The van der Waals surface area contributed by atoms with Crippen LogP contribution < -0.4 is 0 Å². The molecule has 2 nitrogen and oxygen atoms in total. The van der Waals surface area contributed by atoms with Crippen LogP contribution in [0, 0.1) is 5.92 Å². The van der Waals surface area contributed by atoms with Gasteiger partial charge >= 0.3 is 0 Å². The van der Waals surface area contributed by atoms with E-state index < -0.39 is 0 Å². The Morgan fingerprint density at radius 2 is 1.56 bits per heavy atom. The molecule has 2 aliphatic rings. The summed E-state index contributed by atoms with van der Waals surface area (Å²) in [6.07, 6.45) is 7.95. The predicted molar refractivity (Wildman–Crippen MR) is 67.6 cm³/mol. The molecule has 2 heteroatoms. The minimum Gasteiger partial charge on any atom is -0.373 e. The monoisotopic (exact) mass is 225 g/mol. The van der Waals surface area contributed by atoms with Gasteiger partial charge in [-0.3, -0.25) is 4.90 Å². The zero-order valence-corrected chi connectivity index (χ0v) is 11.1. The lowest BCUT2D eigenvalue weighted by Crippen LogP contribution is -2.50. The first-order chi connectivity index (χ1) is 7.69. The van der Waals surface area contributed by atoms with Crippen LogP contribution in [0.3, 0.4) is 0 Å². The van der Waals surface area contributed by atoms with E-state index in [2.05, 4.69) is 25.7 Å². The Balaban J connectivity index is 1.83. The third-order valence-corrected chi connectivity index (χ3v) is 4.36. The molecule has 0 bridgehead atoms. The number of ether oxygens (including phenoxy) is 1. The van der Waals surface area contributed by atoms with E-state index >= 15 is 0 Å². The highest BCUT2D eigenvalue weighted by molar-refractivity contribution is 4.83. The molecule has 0 amide bonds. The molecule has 16 heavy (non-hydrogen) atoms. The van der Waals surface area contributed by atoms with Crippen LogP contribution in [0.25, 0.3) is 0 Å². The second kappa shape index (κ2) is 5.50. The maximum absolute atomic E-state index is 5.81. The van der Waals surface area contributed by atoms with Gasteiger partial charge in [0.25, 0.3) is 0 Å². The summed E-state index contributed by atoms with van der Waals surface area (Å²) < 4.78 is 5.81. The van der Waals surface area contributed by atoms with Crippen molar-refractivity contribution in [2.45, 2.75) is 71.1 Å². The van der Waals surface area contributed by atoms with Gasteiger partial charge in [-0.1, -0.05) is 13.3 Å². The lowest BCUT2D eigenvalue weighted by atomic mass is 9.83. The number of morpholine rings is 1. The zero-order valence-electron chi connectivity index (χ0n) is 11.1. The fourth-order valence-corrected chi connectivity index (χ4v) is 3.43. The fourth-order valence-electron chi connectivity index (χ4n) is 3.43. The van der Waals surface area contributed by atoms with Crippen LogP contribution in [-0.2, 0) is 4.74 Å². The maximum atomic E-state index is 5.81. The van der Waals surface area contributed by atoms with Gasteiger partial charge < -0.3 is 4.74 Å². The number of nitrogens with zero attached hydrogens (tertiary/aromatic N) is 1. The first kappa shape index (κ1) is 12.4. The third kappa shape index (κ3) is 2.98. The lowest BCUT2D eigenvalue weighted by Gasteiger charge is -2.42. The minimum absolute atomic E-state index is 0.424. The van der Waals surface area contributed by atoms with Crippen molar-refractivity contribution in [3.63, 3.8) is 0 Å². The molecule has 0 aromatic heterocycles. The van der Waals surface area contributed by atoms with Crippen LogP contribution in [0.1, 0.15) is 52.9 Å². The summed E-state index contributed by atoms with van der Waals surface area (Å²) in [6.45, 7) is 9.04. The summed E-state index contributed by atoms with van der Waals surface area (Å²) in [5.74, 6) is 1.01. The molecule has 2 atom stereocenters. The van der Waals surface area contributed by atoms with Gasteiger partial charge in [0.05, 0.1) is 12.2 Å². The van der Waals surface area contributed by atoms with E-state index in [4.69, 9.17) is 4.74 Å². The standard InChI is InChI=1S/C14H27NO/c1-4-13-5-7-14(8-6-13)15-9-11(2)16-12(3)10-15/h11-14H,4-10H2,1-3H3. The third-order valence-electron chi connectivity index (χ3n) is 4.36. The molecular formula is C14H27NO. The summed E-state index contributed by atoms with van der Waals surface area (Å²) in [6, 6.07) is 0.844. The first-order valence-corrected chi connectivity index (χ1v) is 7.08. The molecule has 1 aliphatic carbocycles. The number of rotatable bonds is 2. The SMILES string of the molecule is CCC1CCC(N2CC(C)OC(C)C2)CC1. The summed E-state index contributed by atoms with van der Waals surface area (Å²) in [4.78, 5) is 2.69. The topological polar surface area (TPSA) is 12.5 Å². The van der Waals surface area contributed by atoms with Crippen molar-refractivity contribution >= 4 is 0 Å². The molecule has 1 aliphatic heterocycles. The van der Waals surface area contributed by atoms with Gasteiger partial charge in [-0.05, 0) is 45.4 Å². The first-order valence-electron chi connectivity index (χ1n) is 7.08. The molecular weight excluding hydrogens is 198 g/mol. The van der Waals surface area contributed by atoms with E-state index in [1.165, 1.54) is 32.1 Å². The smallest absolute Gasteiger partial charge is 0.0678 e. The molecule has 1 saturated carbocycles. The van der Waals surface area contributed by atoms with E-state index in [1.54, 1.807) is 0 Å². The van der Waals surface area contributed by atoms with Crippen LogP contribution >= 0.6 is 0 Å². The average Bonchev–Trinajstić information content (AvgIpc) is 2.28. The van der Waals surface area contributed by atoms with Gasteiger partial charge in [0.1, 0.15) is 0 Å². The molecule has 0 spiro atoms. The molecule has 0 radical (unpaired) electrons. The van der Waals surface area contributed by atoms with Crippen LogP contribution in [0.2, 0.25) is 0 Å². The van der Waals surface area contributed by atoms with Crippen LogP contribution in [0.4, 0.5) is 0 Å². The molecule has 0 aromatic carbocycles. The second-order valence-electron chi connectivity index (χ2n) is 5.79. The van der Waals surface area contributed by atoms with E-state index in [9.17, 15) is 0 Å². The Morgan fingerprint density at radius 1 is 1.00 bits per heavy atom. The highest BCUT2D eigenvalue weighted by Crippen LogP contribution is 2.30. The summed E-state index contributed by atoms with van der Waals surface area (Å²) in [7, 11) is 0. The van der Waals surface area contributed by atoms with Gasteiger partial charge in [0.2, 0.25) is 0 Å². The van der Waals surface area contributed by atoms with Gasteiger partial charge in [0, 0.05) is 19.1 Å². The molecule has 0 aromatic rings. The van der Waals surface area contributed by atoms with E-state index in [0.29, 0.717) is 12.2 Å². The quantitative estimate of drug-likeness (QED) is 0.716. The zero-order chi connectivity index (χ0) is 11.5. The molecule has 1 saturated heterocycles. The molecule has 2 fully saturated rings. The van der Waals surface area contributed by atoms with Gasteiger partial charge in [-0.15, -0.1) is 0 Å². The van der Waals surface area contributed by atoms with Gasteiger partial charge in [0.15, 0.2) is 0 Å². The van der Waals surface area contributed by atoms with Crippen molar-refractivity contribution in [3.8, 4) is 0 Å². The maximum Gasteiger partial charge on any atom is 0.0678 e. The van der Waals surface area contributed by atoms with E-state index in [1.807, 2.05) is 0 Å². The summed E-state index contributed by atoms with van der Waals surface area (Å²) >= 11 is 0. The molecule has 94 valence electrons. The van der Waals surface area contributed by atoms with Crippen LogP contribution in [0.15, 0.2) is 0 Å². The Labute approximate surface area is 100 Å². The van der Waals surface area contributed by atoms with Crippen LogP contribution in [-0.4, -0.2) is 36.2 Å². The fraction of sp³-hybridized carbons (Fsp3) is 1.00. The van der Waals surface area contributed by atoms with Crippen molar-refractivity contribution in [2.75, 3.05) is 13.1 Å². The molecule has 2 rings (SSSR count). The van der Waals surface area contributed by atoms with E-state index in [0.717, 1.165) is 25.0 Å². The van der Waals surface area contributed by atoms with Crippen molar-refractivity contribution < 1.29 is 4.74 Å². The Bertz CT molecular complexity index is 201. The number of hydrogen-bond acceptors (Lipinski definition) is 2. The molecule has 1 heterocycles. The Morgan fingerprint density at radius 3 is 2.06 bits per heavy atom. The largest absolute Gasteiger partial charge is 0.373 e. The van der Waals surface area contributed by atoms with E-state index in [-0.39, 0.29) is 0 Å². The van der Waals surface area contributed by atoms with Crippen molar-refractivity contribution in [1.29, 1.82) is 0 Å². The number of hydrogen-bond donors (Lipinski definition) is 0. The van der Waals surface area contributed by atoms with Crippen molar-refractivity contribution in [2.24, 2.45) is 5.92 Å². The minimum atomic E-state index is 0.424. The second-order valence-corrected chi connectivity index (χ2v) is 5.79. The summed E-state index contributed by atoms with van der Waals surface area (Å²) in [5, 5.41) is 0. The van der Waals surface area contributed by atoms with Gasteiger partial charge in [-0.2, -0.15) is 0 Å². The Hall–Kier alpha value is -0.0800. The van der Waals surface area contributed by atoms with Crippen molar-refractivity contribution in [1.82, 2.24) is 4.90 Å². The Kier molecular flexibility index (Phi) is 4.26. The summed E-state index contributed by atoms with van der Waals surface area (Å²) in [5.41, 5.74) is 0. The highest BCUT2D eigenvalue weighted by Gasteiger charge is 2.30. The normalized spacial score (nSPS) is 42.2. The van der Waals surface area contributed by atoms with Gasteiger partial charge in [-0.25, -0.2) is 0 Å². The molecule has 0 N–H and O–H groups in total. The average molecular weight is 225 g/mol. The van der Waals surface area contributed by atoms with Crippen molar-refractivity contribution in [3.05, 3.63) is 0 Å². The molecule has 2 unspecified atom stereocenters.